The Balaban J connectivity index is 1.45. The third-order valence-corrected chi connectivity index (χ3v) is 5.36. The topological polar surface area (TPSA) is 96.3 Å². The molecule has 0 spiro atoms. The maximum atomic E-state index is 13.2. The largest absolute Gasteiger partial charge is 0.329 e. The summed E-state index contributed by atoms with van der Waals surface area (Å²) in [6, 6.07) is 12.2. The first-order chi connectivity index (χ1) is 15.8. The van der Waals surface area contributed by atoms with Crippen LogP contribution >= 0.6 is 11.6 Å². The van der Waals surface area contributed by atoms with Gasteiger partial charge in [-0.3, -0.25) is 14.5 Å². The number of amides is 4. The summed E-state index contributed by atoms with van der Waals surface area (Å²) in [5, 5.41) is 9.86. The number of hydrogen-bond donors (Lipinski definition) is 2. The minimum atomic E-state index is -0.439. The molecule has 0 unspecified atom stereocenters. The lowest BCUT2D eigenvalue weighted by Gasteiger charge is -2.13. The maximum Gasteiger partial charge on any atom is 0.324 e. The number of urea groups is 1. The Kier molecular flexibility index (Phi) is 6.23. The fourth-order valence-electron chi connectivity index (χ4n) is 3.34. The molecular weight excluding hydrogens is 449 g/mol. The molecule has 1 aromatic heterocycles. The van der Waals surface area contributed by atoms with Crippen LogP contribution in [0.25, 0.3) is 11.8 Å². The van der Waals surface area contributed by atoms with Gasteiger partial charge in [0.15, 0.2) is 0 Å². The zero-order valence-electron chi connectivity index (χ0n) is 17.5. The molecule has 2 aromatic carbocycles. The Labute approximate surface area is 193 Å². The average Bonchev–Trinajstić information content (AvgIpc) is 3.25. The zero-order valence-corrected chi connectivity index (χ0v) is 18.3. The second-order valence-corrected chi connectivity index (χ2v) is 7.70. The van der Waals surface area contributed by atoms with Crippen molar-refractivity contribution in [2.45, 2.75) is 13.5 Å². The van der Waals surface area contributed by atoms with Gasteiger partial charge in [0.1, 0.15) is 11.0 Å². The minimum absolute atomic E-state index is 0.0141. The maximum absolute atomic E-state index is 13.2. The summed E-state index contributed by atoms with van der Waals surface area (Å²) in [4.78, 5) is 37.0. The fraction of sp³-hybridized carbons (Fsp3) is 0.130. The van der Waals surface area contributed by atoms with Crippen molar-refractivity contribution in [3.63, 3.8) is 0 Å². The lowest BCUT2D eigenvalue weighted by molar-refractivity contribution is -0.125. The smallest absolute Gasteiger partial charge is 0.324 e. The first-order valence-corrected chi connectivity index (χ1v) is 10.4. The van der Waals surface area contributed by atoms with E-state index < -0.39 is 11.9 Å². The molecule has 0 atom stereocenters. The number of benzene rings is 2. The molecule has 4 rings (SSSR count). The van der Waals surface area contributed by atoms with Crippen LogP contribution in [0, 0.1) is 12.7 Å². The van der Waals surface area contributed by atoms with Crippen molar-refractivity contribution in [1.82, 2.24) is 20.0 Å². The quantitative estimate of drug-likeness (QED) is 0.427. The van der Waals surface area contributed by atoms with Crippen LogP contribution in [0.15, 0.2) is 54.6 Å². The van der Waals surface area contributed by atoms with Crippen molar-refractivity contribution in [2.24, 2.45) is 0 Å². The van der Waals surface area contributed by atoms with E-state index in [1.165, 1.54) is 22.9 Å². The Bertz CT molecular complexity index is 1250. The molecule has 2 N–H and O–H groups in total. The SMILES string of the molecule is Cc1nn(-c2ccc(F)cc2)c(Cl)c1/C=C/C(=O)Nc1cccc(CN2C(=O)CNC2=O)c1. The number of aromatic nitrogens is 2. The summed E-state index contributed by atoms with van der Waals surface area (Å²) >= 11 is 6.43. The number of nitrogens with zero attached hydrogens (tertiary/aromatic N) is 3. The van der Waals surface area contributed by atoms with E-state index in [1.54, 1.807) is 49.4 Å². The molecule has 4 amide bonds. The highest BCUT2D eigenvalue weighted by Gasteiger charge is 2.28. The van der Waals surface area contributed by atoms with Crippen LogP contribution in [0.1, 0.15) is 16.8 Å². The highest BCUT2D eigenvalue weighted by Crippen LogP contribution is 2.25. The summed E-state index contributed by atoms with van der Waals surface area (Å²) in [7, 11) is 0. The predicted octanol–water partition coefficient (Wildman–Crippen LogP) is 3.68. The van der Waals surface area contributed by atoms with Gasteiger partial charge in [0.25, 0.3) is 0 Å². The van der Waals surface area contributed by atoms with Crippen molar-refractivity contribution in [2.75, 3.05) is 11.9 Å². The number of nitrogens with one attached hydrogen (secondary N) is 2. The molecule has 0 bridgehead atoms. The molecule has 33 heavy (non-hydrogen) atoms. The Morgan fingerprint density at radius 1 is 1.24 bits per heavy atom. The molecule has 2 heterocycles. The number of imide groups is 1. The average molecular weight is 468 g/mol. The molecular formula is C23H19ClFN5O3. The van der Waals surface area contributed by atoms with Crippen molar-refractivity contribution >= 4 is 41.2 Å². The van der Waals surface area contributed by atoms with Crippen LogP contribution < -0.4 is 10.6 Å². The van der Waals surface area contributed by atoms with Crippen LogP contribution in [-0.4, -0.2) is 39.1 Å². The molecule has 168 valence electrons. The molecule has 1 aliphatic heterocycles. The van der Waals surface area contributed by atoms with Crippen molar-refractivity contribution in [1.29, 1.82) is 0 Å². The van der Waals surface area contributed by atoms with Gasteiger partial charge in [0, 0.05) is 17.3 Å². The summed E-state index contributed by atoms with van der Waals surface area (Å²) in [6.45, 7) is 1.85. The van der Waals surface area contributed by atoms with Gasteiger partial charge in [-0.1, -0.05) is 23.7 Å². The van der Waals surface area contributed by atoms with Gasteiger partial charge in [-0.25, -0.2) is 13.9 Å². The van der Waals surface area contributed by atoms with Crippen LogP contribution in [-0.2, 0) is 16.1 Å². The Morgan fingerprint density at radius 2 is 2.00 bits per heavy atom. The fourth-order valence-corrected chi connectivity index (χ4v) is 3.68. The second-order valence-electron chi connectivity index (χ2n) is 7.34. The van der Waals surface area contributed by atoms with Gasteiger partial charge in [0.05, 0.1) is 24.5 Å². The van der Waals surface area contributed by atoms with Crippen LogP contribution in [0.5, 0.6) is 0 Å². The summed E-state index contributed by atoms with van der Waals surface area (Å²) < 4.78 is 14.6. The minimum Gasteiger partial charge on any atom is -0.329 e. The number of hydrogen-bond acceptors (Lipinski definition) is 4. The monoisotopic (exact) mass is 467 g/mol. The van der Waals surface area contributed by atoms with E-state index >= 15 is 0 Å². The number of carbonyl (C=O) groups excluding carboxylic acids is 3. The zero-order chi connectivity index (χ0) is 23.5. The second kappa shape index (κ2) is 9.25. The van der Waals surface area contributed by atoms with E-state index in [1.807, 2.05) is 0 Å². The van der Waals surface area contributed by atoms with E-state index in [-0.39, 0.29) is 24.8 Å². The number of halogens is 2. The van der Waals surface area contributed by atoms with Crippen molar-refractivity contribution < 1.29 is 18.8 Å². The molecule has 3 aromatic rings. The van der Waals surface area contributed by atoms with Crippen molar-refractivity contribution in [3.8, 4) is 5.69 Å². The molecule has 8 nitrogen and oxygen atoms in total. The third kappa shape index (κ3) is 4.93. The van der Waals surface area contributed by atoms with Gasteiger partial charge >= 0.3 is 6.03 Å². The van der Waals surface area contributed by atoms with E-state index in [0.717, 1.165) is 4.90 Å². The van der Waals surface area contributed by atoms with Crippen LogP contribution in [0.2, 0.25) is 5.15 Å². The Hall–Kier alpha value is -3.98. The third-order valence-electron chi connectivity index (χ3n) is 4.99. The van der Waals surface area contributed by atoms with E-state index in [2.05, 4.69) is 15.7 Å². The van der Waals surface area contributed by atoms with Gasteiger partial charge in [0.2, 0.25) is 11.8 Å². The number of rotatable bonds is 6. The molecule has 0 aliphatic carbocycles. The first-order valence-electron chi connectivity index (χ1n) is 9.99. The van der Waals surface area contributed by atoms with Crippen LogP contribution in [0.4, 0.5) is 14.9 Å². The van der Waals surface area contributed by atoms with Crippen LogP contribution in [0.3, 0.4) is 0 Å². The molecule has 1 saturated heterocycles. The summed E-state index contributed by atoms with van der Waals surface area (Å²) in [6.07, 6.45) is 2.88. The van der Waals surface area contributed by atoms with Gasteiger partial charge in [-0.2, -0.15) is 5.10 Å². The van der Waals surface area contributed by atoms with E-state index in [4.69, 9.17) is 11.6 Å². The molecule has 0 radical (unpaired) electrons. The van der Waals surface area contributed by atoms with E-state index in [0.29, 0.717) is 33.3 Å². The molecule has 1 fully saturated rings. The lowest BCUT2D eigenvalue weighted by atomic mass is 10.2. The number of carbonyl (C=O) groups is 3. The number of aryl methyl sites for hydroxylation is 1. The van der Waals surface area contributed by atoms with Crippen molar-refractivity contribution in [3.05, 3.63) is 82.4 Å². The van der Waals surface area contributed by atoms with Gasteiger partial charge in [-0.15, -0.1) is 0 Å². The first kappa shape index (κ1) is 22.2. The highest BCUT2D eigenvalue weighted by molar-refractivity contribution is 6.31. The summed E-state index contributed by atoms with van der Waals surface area (Å²) in [5.41, 5.74) is 2.96. The standard InChI is InChI=1S/C23H19ClFN5O3/c1-14-19(22(24)30(28-14)18-7-5-16(25)6-8-18)9-10-20(31)27-17-4-2-3-15(11-17)13-29-21(32)12-26-23(29)33/h2-11H,12-13H2,1H3,(H,26,33)(H,27,31)/b10-9+. The normalized spacial score (nSPS) is 13.6. The van der Waals surface area contributed by atoms with Gasteiger partial charge in [-0.05, 0) is 55.0 Å². The Morgan fingerprint density at radius 3 is 2.70 bits per heavy atom. The molecule has 10 heteroatoms. The molecule has 0 saturated carbocycles. The highest BCUT2D eigenvalue weighted by atomic mass is 35.5. The predicted molar refractivity (Wildman–Crippen MR) is 121 cm³/mol. The summed E-state index contributed by atoms with van der Waals surface area (Å²) in [5.74, 6) is -1.06. The van der Waals surface area contributed by atoms with E-state index in [9.17, 15) is 18.8 Å². The number of anilines is 1. The molecule has 1 aliphatic rings. The van der Waals surface area contributed by atoms with Gasteiger partial charge < -0.3 is 10.6 Å². The lowest BCUT2D eigenvalue weighted by Crippen LogP contribution is -2.30.